The molecule has 0 aromatic heterocycles. The van der Waals surface area contributed by atoms with Crippen molar-refractivity contribution in [2.75, 3.05) is 13.2 Å². The van der Waals surface area contributed by atoms with Gasteiger partial charge in [-0.3, -0.25) is 19.2 Å². The molecule has 0 saturated carbocycles. The number of cyclic esters (lactones) is 1. The Morgan fingerprint density at radius 2 is 1.52 bits per heavy atom. The van der Waals surface area contributed by atoms with Crippen LogP contribution in [0.2, 0.25) is 18.1 Å². The molecule has 7 atom stereocenters. The third-order valence-electron chi connectivity index (χ3n) is 7.63. The van der Waals surface area contributed by atoms with Crippen molar-refractivity contribution in [2.45, 2.75) is 111 Å². The average molecular weight is 588 g/mol. The number of hydrogen-bond donors (Lipinski definition) is 4. The number of carbonyl (C=O) groups is 5. The summed E-state index contributed by atoms with van der Waals surface area (Å²) in [5.74, 6) is -5.45. The molecule has 0 bridgehead atoms. The monoisotopic (exact) mass is 587 g/mol. The summed E-state index contributed by atoms with van der Waals surface area (Å²) in [6, 6.07) is -3.67. The number of ether oxygens (including phenoxy) is 2. The molecule has 0 aromatic rings. The zero-order chi connectivity index (χ0) is 31.2. The fourth-order valence-electron chi connectivity index (χ4n) is 3.86. The van der Waals surface area contributed by atoms with Crippen LogP contribution in [-0.4, -0.2) is 86.6 Å². The third-order valence-corrected chi connectivity index (χ3v) is 12.2. The van der Waals surface area contributed by atoms with E-state index >= 15 is 0 Å². The van der Waals surface area contributed by atoms with Crippen molar-refractivity contribution in [2.24, 2.45) is 17.8 Å². The van der Waals surface area contributed by atoms with E-state index < -0.39 is 86.8 Å². The molecular weight excluding hydrogens is 538 g/mol. The number of carbonyl (C=O) groups excluding carboxylic acids is 5. The fraction of sp³-hybridized carbons (Fsp3) is 0.815. The highest BCUT2D eigenvalue weighted by atomic mass is 28.4. The molecule has 1 saturated heterocycles. The molecule has 1 fully saturated rings. The van der Waals surface area contributed by atoms with Gasteiger partial charge in [-0.15, -0.1) is 0 Å². The van der Waals surface area contributed by atoms with Crippen LogP contribution in [0.5, 0.6) is 0 Å². The Morgan fingerprint density at radius 3 is 2.02 bits per heavy atom. The number of esters is 2. The second kappa shape index (κ2) is 14.4. The third kappa shape index (κ3) is 9.84. The van der Waals surface area contributed by atoms with Crippen LogP contribution in [0.25, 0.3) is 0 Å². The Labute approximate surface area is 238 Å². The molecule has 4 N–H and O–H groups in total. The van der Waals surface area contributed by atoms with Gasteiger partial charge in [-0.2, -0.15) is 0 Å². The lowest BCUT2D eigenvalue weighted by atomic mass is 9.92. The largest absolute Gasteiger partial charge is 0.464 e. The van der Waals surface area contributed by atoms with E-state index in [1.807, 2.05) is 33.9 Å². The van der Waals surface area contributed by atoms with Gasteiger partial charge in [0.25, 0.3) is 0 Å². The first-order chi connectivity index (χ1) is 18.2. The van der Waals surface area contributed by atoms with Gasteiger partial charge in [0, 0.05) is 12.8 Å². The van der Waals surface area contributed by atoms with E-state index in [4.69, 9.17) is 13.9 Å². The minimum absolute atomic E-state index is 0.203. The number of amides is 3. The lowest BCUT2D eigenvalue weighted by Gasteiger charge is -2.40. The van der Waals surface area contributed by atoms with Crippen molar-refractivity contribution in [3.8, 4) is 0 Å². The Hall–Kier alpha value is -2.51. The number of hydrogen-bond acceptors (Lipinski definition) is 9. The van der Waals surface area contributed by atoms with Crippen molar-refractivity contribution >= 4 is 38.0 Å². The molecule has 40 heavy (non-hydrogen) atoms. The van der Waals surface area contributed by atoms with E-state index in [0.717, 1.165) is 6.92 Å². The van der Waals surface area contributed by atoms with Crippen LogP contribution in [0, 0.1) is 17.8 Å². The van der Waals surface area contributed by atoms with Crippen molar-refractivity contribution < 1.29 is 43.0 Å². The van der Waals surface area contributed by atoms with Crippen LogP contribution in [0.15, 0.2) is 0 Å². The quantitative estimate of drug-likeness (QED) is 0.264. The fourth-order valence-corrected chi connectivity index (χ4v) is 5.28. The van der Waals surface area contributed by atoms with Gasteiger partial charge in [0.2, 0.25) is 17.7 Å². The number of aliphatic hydroxyl groups is 1. The van der Waals surface area contributed by atoms with Gasteiger partial charge < -0.3 is 35.0 Å². The topological polar surface area (TPSA) is 169 Å². The molecular formula is C27H49N3O9Si. The zero-order valence-electron chi connectivity index (χ0n) is 25.7. The maximum absolute atomic E-state index is 13.6. The van der Waals surface area contributed by atoms with Crippen molar-refractivity contribution in [3.63, 3.8) is 0 Å². The van der Waals surface area contributed by atoms with Gasteiger partial charge in [0.1, 0.15) is 18.7 Å². The summed E-state index contributed by atoms with van der Waals surface area (Å²) in [5.41, 5.74) is 0. The minimum Gasteiger partial charge on any atom is -0.464 e. The number of aliphatic hydroxyl groups excluding tert-OH is 1. The van der Waals surface area contributed by atoms with Gasteiger partial charge in [-0.1, -0.05) is 48.5 Å². The summed E-state index contributed by atoms with van der Waals surface area (Å²) in [7, 11) is -2.42. The molecule has 13 heteroatoms. The van der Waals surface area contributed by atoms with Crippen molar-refractivity contribution in [3.05, 3.63) is 0 Å². The number of nitrogens with one attached hydrogen (secondary N) is 3. The molecule has 3 amide bonds. The highest BCUT2D eigenvalue weighted by Gasteiger charge is 2.43. The smallest absolute Gasteiger partial charge is 0.332 e. The van der Waals surface area contributed by atoms with E-state index in [0.29, 0.717) is 0 Å². The molecule has 230 valence electrons. The Morgan fingerprint density at radius 1 is 1.00 bits per heavy atom. The maximum Gasteiger partial charge on any atom is 0.332 e. The second-order valence-electron chi connectivity index (χ2n) is 12.6. The summed E-state index contributed by atoms with van der Waals surface area (Å²) >= 11 is 0. The predicted octanol–water partition coefficient (Wildman–Crippen LogP) is 1.26. The maximum atomic E-state index is 13.6. The van der Waals surface area contributed by atoms with Gasteiger partial charge >= 0.3 is 11.9 Å². The summed E-state index contributed by atoms with van der Waals surface area (Å²) in [4.78, 5) is 64.5. The van der Waals surface area contributed by atoms with Gasteiger partial charge in [-0.25, -0.2) is 4.79 Å². The first kappa shape index (κ1) is 35.5. The van der Waals surface area contributed by atoms with Gasteiger partial charge in [0.15, 0.2) is 14.4 Å². The lowest BCUT2D eigenvalue weighted by Crippen LogP contribution is -2.62. The van der Waals surface area contributed by atoms with E-state index in [1.165, 1.54) is 6.92 Å². The van der Waals surface area contributed by atoms with Gasteiger partial charge in [0.05, 0.1) is 24.7 Å². The van der Waals surface area contributed by atoms with E-state index in [-0.39, 0.29) is 17.6 Å². The standard InChI is InChI=1S/C27H49N3O9Si/c1-14(2)20-24(34)30-21(17(5)39-40(10,11)27(7,8)9)25(35)28-19(13-37-18(6)31)26(36)38-12-15(3)22(32)16(4)23(33)29-20/h14-17,19-22,32H,12-13H2,1-11H3,(H,28,35)(H,29,33)(H,30,34)/t15-,16+,17+,19-,20-,21-,22+/m0/s1. The molecule has 1 rings (SSSR count). The molecule has 0 spiro atoms. The highest BCUT2D eigenvalue weighted by Crippen LogP contribution is 2.37. The lowest BCUT2D eigenvalue weighted by molar-refractivity contribution is -0.155. The molecule has 0 aliphatic carbocycles. The predicted molar refractivity (Wildman–Crippen MR) is 150 cm³/mol. The number of rotatable bonds is 6. The highest BCUT2D eigenvalue weighted by molar-refractivity contribution is 6.74. The van der Waals surface area contributed by atoms with E-state index in [2.05, 4.69) is 16.0 Å². The molecule has 0 radical (unpaired) electrons. The molecule has 0 unspecified atom stereocenters. The van der Waals surface area contributed by atoms with Gasteiger partial charge in [-0.05, 0) is 31.0 Å². The Bertz CT molecular complexity index is 935. The first-order valence-corrected chi connectivity index (χ1v) is 16.7. The van der Waals surface area contributed by atoms with E-state index in [1.54, 1.807) is 27.7 Å². The van der Waals surface area contributed by atoms with Crippen LogP contribution in [0.4, 0.5) is 0 Å². The second-order valence-corrected chi connectivity index (χ2v) is 17.3. The summed E-state index contributed by atoms with van der Waals surface area (Å²) in [5, 5.41) is 18.5. The van der Waals surface area contributed by atoms with Crippen LogP contribution >= 0.6 is 0 Å². The normalized spacial score (nSPS) is 28.8. The van der Waals surface area contributed by atoms with Crippen LogP contribution in [0.1, 0.15) is 62.3 Å². The molecule has 1 aliphatic heterocycles. The van der Waals surface area contributed by atoms with Crippen molar-refractivity contribution in [1.29, 1.82) is 0 Å². The average Bonchev–Trinajstić information content (AvgIpc) is 2.83. The molecule has 12 nitrogen and oxygen atoms in total. The summed E-state index contributed by atoms with van der Waals surface area (Å²) in [6.07, 6.45) is -2.02. The Balaban J connectivity index is 3.55. The summed E-state index contributed by atoms with van der Waals surface area (Å²) < 4.78 is 16.7. The van der Waals surface area contributed by atoms with Crippen LogP contribution in [0.3, 0.4) is 0 Å². The molecule has 1 aliphatic rings. The molecule has 1 heterocycles. The first-order valence-electron chi connectivity index (χ1n) is 13.8. The SMILES string of the molecule is CC(=O)OC[C@@H]1NC(=O)[C@H]([C@@H](C)O[Si](C)(C)C(C)(C)C)NC(=O)[C@H](C(C)C)NC(=O)[C@H](C)[C@H](O)[C@@H](C)COC1=O. The van der Waals surface area contributed by atoms with E-state index in [9.17, 15) is 29.1 Å². The zero-order valence-corrected chi connectivity index (χ0v) is 26.7. The molecule has 0 aromatic carbocycles. The summed E-state index contributed by atoms with van der Waals surface area (Å²) in [6.45, 7) is 18.8. The minimum atomic E-state index is -2.42. The van der Waals surface area contributed by atoms with Crippen LogP contribution < -0.4 is 16.0 Å². The Kier molecular flexibility index (Phi) is 12.8. The van der Waals surface area contributed by atoms with Crippen LogP contribution in [-0.2, 0) is 37.9 Å². The van der Waals surface area contributed by atoms with Crippen molar-refractivity contribution in [1.82, 2.24) is 16.0 Å².